The molecule has 0 radical (unpaired) electrons. The highest BCUT2D eigenvalue weighted by Crippen LogP contribution is 2.27. The van der Waals surface area contributed by atoms with E-state index in [1.807, 2.05) is 13.0 Å². The van der Waals surface area contributed by atoms with Gasteiger partial charge in [0.15, 0.2) is 5.82 Å². The maximum atomic E-state index is 13.4. The lowest BCUT2D eigenvalue weighted by atomic mass is 10.1. The summed E-state index contributed by atoms with van der Waals surface area (Å²) in [7, 11) is 0. The topological polar surface area (TPSA) is 59.8 Å². The van der Waals surface area contributed by atoms with Crippen molar-refractivity contribution in [3.63, 3.8) is 0 Å². The molecule has 1 N–H and O–H groups in total. The predicted molar refractivity (Wildman–Crippen MR) is 116 cm³/mol. The SMILES string of the molecule is Cc1c(Cl)cccc1-n1nc(C(=O)Nc2cccc(Cl)c2)nc1-c1ccc(F)cc1. The molecule has 4 aromatic rings. The Balaban J connectivity index is 1.80. The van der Waals surface area contributed by atoms with Crippen molar-refractivity contribution in [2.45, 2.75) is 6.92 Å². The minimum atomic E-state index is -0.501. The molecule has 0 spiro atoms. The summed E-state index contributed by atoms with van der Waals surface area (Å²) in [5.41, 5.74) is 2.56. The van der Waals surface area contributed by atoms with Crippen LogP contribution in [0.2, 0.25) is 10.0 Å². The number of carbonyl (C=O) groups excluding carboxylic acids is 1. The largest absolute Gasteiger partial charge is 0.319 e. The van der Waals surface area contributed by atoms with Gasteiger partial charge in [-0.3, -0.25) is 4.79 Å². The van der Waals surface area contributed by atoms with Crippen molar-refractivity contribution in [1.29, 1.82) is 0 Å². The second kappa shape index (κ2) is 8.26. The van der Waals surface area contributed by atoms with E-state index in [0.29, 0.717) is 32.8 Å². The van der Waals surface area contributed by atoms with Gasteiger partial charge in [-0.2, -0.15) is 0 Å². The molecule has 0 unspecified atom stereocenters. The maximum Gasteiger partial charge on any atom is 0.295 e. The number of hydrogen-bond acceptors (Lipinski definition) is 3. The summed E-state index contributed by atoms with van der Waals surface area (Å²) in [6.45, 7) is 1.85. The molecule has 3 aromatic carbocycles. The fourth-order valence-corrected chi connectivity index (χ4v) is 3.30. The van der Waals surface area contributed by atoms with E-state index in [9.17, 15) is 9.18 Å². The first-order valence-electron chi connectivity index (χ1n) is 8.98. The second-order valence-corrected chi connectivity index (χ2v) is 7.37. The van der Waals surface area contributed by atoms with Crippen LogP contribution in [0.4, 0.5) is 10.1 Å². The molecule has 0 saturated heterocycles. The number of nitrogens with one attached hydrogen (secondary N) is 1. The van der Waals surface area contributed by atoms with E-state index in [1.54, 1.807) is 48.5 Å². The number of aromatic nitrogens is 3. The molecular formula is C22H15Cl2FN4O. The van der Waals surface area contributed by atoms with Gasteiger partial charge in [0.05, 0.1) is 5.69 Å². The molecule has 8 heteroatoms. The van der Waals surface area contributed by atoms with Crippen LogP contribution < -0.4 is 5.32 Å². The van der Waals surface area contributed by atoms with Gasteiger partial charge in [0.25, 0.3) is 5.91 Å². The van der Waals surface area contributed by atoms with Crippen LogP contribution in [-0.2, 0) is 0 Å². The first-order chi connectivity index (χ1) is 14.4. The molecule has 30 heavy (non-hydrogen) atoms. The normalized spacial score (nSPS) is 10.8. The van der Waals surface area contributed by atoms with Crippen molar-refractivity contribution in [2.75, 3.05) is 5.32 Å². The van der Waals surface area contributed by atoms with Gasteiger partial charge in [-0.25, -0.2) is 14.1 Å². The van der Waals surface area contributed by atoms with Crippen LogP contribution in [0.25, 0.3) is 17.1 Å². The third-order valence-electron chi connectivity index (χ3n) is 4.46. The van der Waals surface area contributed by atoms with Crippen molar-refractivity contribution in [3.8, 4) is 17.1 Å². The van der Waals surface area contributed by atoms with Crippen molar-refractivity contribution < 1.29 is 9.18 Å². The van der Waals surface area contributed by atoms with Crippen LogP contribution in [0.1, 0.15) is 16.2 Å². The fraction of sp³-hybridized carbons (Fsp3) is 0.0455. The minimum absolute atomic E-state index is 0.0475. The van der Waals surface area contributed by atoms with E-state index in [-0.39, 0.29) is 11.6 Å². The Morgan fingerprint density at radius 1 is 1.03 bits per heavy atom. The number of nitrogens with zero attached hydrogens (tertiary/aromatic N) is 3. The zero-order valence-corrected chi connectivity index (χ0v) is 17.2. The lowest BCUT2D eigenvalue weighted by Gasteiger charge is -2.10. The molecule has 5 nitrogen and oxygen atoms in total. The van der Waals surface area contributed by atoms with Gasteiger partial charge in [0, 0.05) is 21.3 Å². The number of carbonyl (C=O) groups is 1. The lowest BCUT2D eigenvalue weighted by molar-refractivity contribution is 0.101. The van der Waals surface area contributed by atoms with Crippen LogP contribution in [-0.4, -0.2) is 20.7 Å². The average molecular weight is 441 g/mol. The summed E-state index contributed by atoms with van der Waals surface area (Å²) < 4.78 is 14.9. The highest BCUT2D eigenvalue weighted by molar-refractivity contribution is 6.31. The summed E-state index contributed by atoms with van der Waals surface area (Å²) in [6.07, 6.45) is 0. The lowest BCUT2D eigenvalue weighted by Crippen LogP contribution is -2.14. The van der Waals surface area contributed by atoms with Gasteiger partial charge in [-0.1, -0.05) is 35.3 Å². The van der Waals surface area contributed by atoms with Gasteiger partial charge in [0.1, 0.15) is 5.82 Å². The molecule has 0 aliphatic heterocycles. The smallest absolute Gasteiger partial charge is 0.295 e. The Kier molecular flexibility index (Phi) is 5.53. The number of amides is 1. The third-order valence-corrected chi connectivity index (χ3v) is 5.11. The molecule has 150 valence electrons. The molecular weight excluding hydrogens is 426 g/mol. The number of anilines is 1. The van der Waals surface area contributed by atoms with Crippen molar-refractivity contribution in [3.05, 3.63) is 94.0 Å². The molecule has 0 fully saturated rings. The van der Waals surface area contributed by atoms with Gasteiger partial charge in [-0.05, 0) is 67.1 Å². The molecule has 1 amide bonds. The molecule has 0 atom stereocenters. The van der Waals surface area contributed by atoms with Crippen LogP contribution in [0.15, 0.2) is 66.7 Å². The average Bonchev–Trinajstić information content (AvgIpc) is 3.16. The van der Waals surface area contributed by atoms with E-state index >= 15 is 0 Å². The molecule has 0 saturated carbocycles. The van der Waals surface area contributed by atoms with E-state index in [2.05, 4.69) is 15.4 Å². The molecule has 1 heterocycles. The summed E-state index contributed by atoms with van der Waals surface area (Å²) in [6, 6.07) is 17.9. The first kappa shape index (κ1) is 20.1. The highest BCUT2D eigenvalue weighted by Gasteiger charge is 2.20. The van der Waals surface area contributed by atoms with Gasteiger partial charge < -0.3 is 5.32 Å². The Hall–Kier alpha value is -3.22. The fourth-order valence-electron chi connectivity index (χ4n) is 2.94. The van der Waals surface area contributed by atoms with Crippen LogP contribution >= 0.6 is 23.2 Å². The zero-order chi connectivity index (χ0) is 21.3. The molecule has 1 aromatic heterocycles. The highest BCUT2D eigenvalue weighted by atomic mass is 35.5. The van der Waals surface area contributed by atoms with Gasteiger partial charge in [-0.15, -0.1) is 5.10 Å². The Morgan fingerprint density at radius 3 is 2.50 bits per heavy atom. The Morgan fingerprint density at radius 2 is 1.77 bits per heavy atom. The monoisotopic (exact) mass is 440 g/mol. The summed E-state index contributed by atoms with van der Waals surface area (Å²) >= 11 is 12.3. The summed E-state index contributed by atoms with van der Waals surface area (Å²) in [5, 5.41) is 8.18. The van der Waals surface area contributed by atoms with E-state index < -0.39 is 5.91 Å². The molecule has 0 aliphatic carbocycles. The van der Waals surface area contributed by atoms with Crippen LogP contribution in [0.3, 0.4) is 0 Å². The van der Waals surface area contributed by atoms with Crippen LogP contribution in [0.5, 0.6) is 0 Å². The quantitative estimate of drug-likeness (QED) is 0.426. The van der Waals surface area contributed by atoms with Gasteiger partial charge >= 0.3 is 0 Å². The number of benzene rings is 3. The first-order valence-corrected chi connectivity index (χ1v) is 9.73. The Bertz CT molecular complexity index is 1240. The second-order valence-electron chi connectivity index (χ2n) is 6.53. The molecule has 0 aliphatic rings. The van der Waals surface area contributed by atoms with Crippen molar-refractivity contribution in [2.24, 2.45) is 0 Å². The summed E-state index contributed by atoms with van der Waals surface area (Å²) in [5.74, 6) is -0.535. The molecule has 4 rings (SSSR count). The van der Waals surface area contributed by atoms with E-state index in [1.165, 1.54) is 16.8 Å². The predicted octanol–water partition coefficient (Wildman–Crippen LogP) is 5.94. The number of halogens is 3. The zero-order valence-electron chi connectivity index (χ0n) is 15.7. The van der Waals surface area contributed by atoms with Gasteiger partial charge in [0.2, 0.25) is 5.82 Å². The number of rotatable bonds is 4. The molecule has 0 bridgehead atoms. The van der Waals surface area contributed by atoms with Crippen LogP contribution in [0, 0.1) is 12.7 Å². The maximum absolute atomic E-state index is 13.4. The third kappa shape index (κ3) is 4.06. The van der Waals surface area contributed by atoms with E-state index in [0.717, 1.165) is 5.56 Å². The van der Waals surface area contributed by atoms with Crippen molar-refractivity contribution in [1.82, 2.24) is 14.8 Å². The minimum Gasteiger partial charge on any atom is -0.319 e. The Labute approximate surface area is 182 Å². The van der Waals surface area contributed by atoms with E-state index in [4.69, 9.17) is 23.2 Å². The number of hydrogen-bond donors (Lipinski definition) is 1. The van der Waals surface area contributed by atoms with Crippen molar-refractivity contribution >= 4 is 34.8 Å². The standard InChI is InChI=1S/C22H15Cl2FN4O/c1-13-18(24)6-3-7-19(13)29-21(14-8-10-16(25)11-9-14)27-20(28-29)22(30)26-17-5-2-4-15(23)12-17/h2-12H,1H3,(H,26,30). The summed E-state index contributed by atoms with van der Waals surface area (Å²) in [4.78, 5) is 17.2.